The van der Waals surface area contributed by atoms with Crippen molar-refractivity contribution in [3.05, 3.63) is 70.5 Å². The van der Waals surface area contributed by atoms with Gasteiger partial charge in [-0.2, -0.15) is 26.3 Å². The molecule has 2 heterocycles. The number of rotatable bonds is 8. The van der Waals surface area contributed by atoms with Crippen LogP contribution in [0, 0.1) is 0 Å². The number of amides is 1. The Hall–Kier alpha value is -4.27. The monoisotopic (exact) mass is 628 g/mol. The summed E-state index contributed by atoms with van der Waals surface area (Å²) >= 11 is 0. The second-order valence-electron chi connectivity index (χ2n) is 9.98. The summed E-state index contributed by atoms with van der Waals surface area (Å²) in [7, 11) is 2.91. The fourth-order valence-corrected chi connectivity index (χ4v) is 5.17. The van der Waals surface area contributed by atoms with Crippen LogP contribution < -0.4 is 15.0 Å². The van der Waals surface area contributed by atoms with Gasteiger partial charge in [-0.15, -0.1) is 0 Å². The standard InChI is InChI=1S/C29H30F6N4O5/c1-5-27(43-4)14-22(20-13-19(42-3)7-8-23(20)39(27)26(41)44-6-2)38-25-36-15-24(40)21(37-25)11-16-9-17(28(30,31)32)12-18(10-16)29(33,34)35/h7-10,12-13,15,22,40H,5-6,11,14H2,1-4H3,(H,36,37,38)/t22-,27+/m0/s1. The van der Waals surface area contributed by atoms with E-state index in [2.05, 4.69) is 15.3 Å². The van der Waals surface area contributed by atoms with Crippen molar-refractivity contribution in [2.24, 2.45) is 0 Å². The molecule has 4 rings (SSSR count). The van der Waals surface area contributed by atoms with Crippen molar-refractivity contribution in [3.8, 4) is 11.5 Å². The van der Waals surface area contributed by atoms with Crippen LogP contribution in [0.1, 0.15) is 60.7 Å². The van der Waals surface area contributed by atoms with Gasteiger partial charge in [-0.1, -0.05) is 6.92 Å². The molecule has 238 valence electrons. The number of aromatic nitrogens is 2. The van der Waals surface area contributed by atoms with Gasteiger partial charge in [-0.25, -0.2) is 19.7 Å². The van der Waals surface area contributed by atoms with Gasteiger partial charge in [-0.05, 0) is 55.3 Å². The van der Waals surface area contributed by atoms with E-state index in [1.165, 1.54) is 19.1 Å². The van der Waals surface area contributed by atoms with Crippen LogP contribution in [0.3, 0.4) is 0 Å². The molecule has 2 atom stereocenters. The number of nitrogens with one attached hydrogen (secondary N) is 1. The number of anilines is 2. The Kier molecular flexibility index (Phi) is 9.18. The van der Waals surface area contributed by atoms with Crippen molar-refractivity contribution in [2.75, 3.05) is 31.0 Å². The number of carbonyl (C=O) groups excluding carboxylic acids is 1. The number of nitrogens with zero attached hydrogens (tertiary/aromatic N) is 3. The SMILES string of the molecule is CCOC(=O)N1c2ccc(OC)cc2[C@@H](Nc2ncc(O)c(Cc3cc(C(F)(F)F)cc(C(F)(F)F)c3)n2)C[C@@]1(CC)OC. The van der Waals surface area contributed by atoms with Gasteiger partial charge in [0.1, 0.15) is 5.75 Å². The Morgan fingerprint density at radius 1 is 1.07 bits per heavy atom. The van der Waals surface area contributed by atoms with Crippen LogP contribution in [-0.2, 0) is 28.2 Å². The summed E-state index contributed by atoms with van der Waals surface area (Å²) in [5, 5.41) is 13.5. The predicted molar refractivity (Wildman–Crippen MR) is 146 cm³/mol. The van der Waals surface area contributed by atoms with Crippen LogP contribution in [0.15, 0.2) is 42.6 Å². The van der Waals surface area contributed by atoms with E-state index in [4.69, 9.17) is 14.2 Å². The summed E-state index contributed by atoms with van der Waals surface area (Å²) in [6.45, 7) is 3.61. The Morgan fingerprint density at radius 2 is 1.73 bits per heavy atom. The first-order valence-corrected chi connectivity index (χ1v) is 13.5. The van der Waals surface area contributed by atoms with E-state index in [0.29, 0.717) is 35.6 Å². The number of hydrogen-bond acceptors (Lipinski definition) is 8. The molecule has 0 radical (unpaired) electrons. The summed E-state index contributed by atoms with van der Waals surface area (Å²) in [6, 6.07) is 5.56. The first-order chi connectivity index (χ1) is 20.6. The molecule has 0 unspecified atom stereocenters. The lowest BCUT2D eigenvalue weighted by molar-refractivity contribution is -0.143. The van der Waals surface area contributed by atoms with Crippen molar-refractivity contribution in [1.82, 2.24) is 9.97 Å². The Morgan fingerprint density at radius 3 is 2.27 bits per heavy atom. The van der Waals surface area contributed by atoms with Crippen molar-refractivity contribution >= 4 is 17.7 Å². The van der Waals surface area contributed by atoms with Crippen molar-refractivity contribution in [1.29, 1.82) is 0 Å². The maximum absolute atomic E-state index is 13.4. The summed E-state index contributed by atoms with van der Waals surface area (Å²) < 4.78 is 96.9. The second-order valence-corrected chi connectivity index (χ2v) is 9.98. The highest BCUT2D eigenvalue weighted by Crippen LogP contribution is 2.47. The molecule has 0 spiro atoms. The molecule has 0 aliphatic carbocycles. The molecule has 44 heavy (non-hydrogen) atoms. The van der Waals surface area contributed by atoms with Crippen molar-refractivity contribution < 1.29 is 50.5 Å². The van der Waals surface area contributed by atoms with Gasteiger partial charge in [0.15, 0.2) is 11.5 Å². The van der Waals surface area contributed by atoms with Crippen molar-refractivity contribution in [2.45, 2.75) is 57.2 Å². The van der Waals surface area contributed by atoms with Crippen LogP contribution in [0.2, 0.25) is 0 Å². The molecule has 1 aromatic heterocycles. The number of benzene rings is 2. The average Bonchev–Trinajstić information content (AvgIpc) is 2.97. The summed E-state index contributed by atoms with van der Waals surface area (Å²) in [5.74, 6) is -0.135. The lowest BCUT2D eigenvalue weighted by atomic mass is 9.87. The number of aromatic hydroxyl groups is 1. The Labute approximate surface area is 248 Å². The van der Waals surface area contributed by atoms with Crippen molar-refractivity contribution in [3.63, 3.8) is 0 Å². The first-order valence-electron chi connectivity index (χ1n) is 13.5. The normalized spacial score (nSPS) is 18.5. The van der Waals surface area contributed by atoms with Crippen LogP contribution in [-0.4, -0.2) is 47.7 Å². The highest BCUT2D eigenvalue weighted by molar-refractivity contribution is 5.91. The van der Waals surface area contributed by atoms with Gasteiger partial charge in [0.05, 0.1) is 48.5 Å². The molecular formula is C29H30F6N4O5. The van der Waals surface area contributed by atoms with E-state index in [1.54, 1.807) is 25.1 Å². The van der Waals surface area contributed by atoms with E-state index in [9.17, 15) is 36.2 Å². The quantitative estimate of drug-likeness (QED) is 0.255. The zero-order chi connectivity index (χ0) is 32.4. The minimum absolute atomic E-state index is 0.0283. The van der Waals surface area contributed by atoms with E-state index in [1.807, 2.05) is 6.92 Å². The smallest absolute Gasteiger partial charge is 0.416 e. The fourth-order valence-electron chi connectivity index (χ4n) is 5.17. The Bertz CT molecular complexity index is 1480. The zero-order valence-corrected chi connectivity index (χ0v) is 24.1. The van der Waals surface area contributed by atoms with Crippen LogP contribution in [0.4, 0.5) is 42.8 Å². The number of ether oxygens (including phenoxy) is 3. The number of hydrogen-bond donors (Lipinski definition) is 2. The third kappa shape index (κ3) is 6.61. The van der Waals surface area contributed by atoms with Gasteiger partial charge >= 0.3 is 18.4 Å². The van der Waals surface area contributed by atoms with Crippen LogP contribution in [0.5, 0.6) is 11.5 Å². The lowest BCUT2D eigenvalue weighted by Gasteiger charge is -2.48. The predicted octanol–water partition coefficient (Wildman–Crippen LogP) is 7.09. The summed E-state index contributed by atoms with van der Waals surface area (Å²) in [5.41, 5.74) is -3.71. The molecule has 0 bridgehead atoms. The first kappa shape index (κ1) is 32.6. The zero-order valence-electron chi connectivity index (χ0n) is 24.1. The number of fused-ring (bicyclic) bond motifs is 1. The molecular weight excluding hydrogens is 598 g/mol. The number of methoxy groups -OCH3 is 2. The minimum Gasteiger partial charge on any atom is -0.504 e. The van der Waals surface area contributed by atoms with E-state index in [-0.39, 0.29) is 36.3 Å². The fraction of sp³-hybridized carbons (Fsp3) is 0.414. The molecule has 1 aliphatic heterocycles. The minimum atomic E-state index is -5.03. The van der Waals surface area contributed by atoms with Gasteiger partial charge in [0.25, 0.3) is 0 Å². The van der Waals surface area contributed by atoms with Gasteiger partial charge in [-0.3, -0.25) is 0 Å². The maximum atomic E-state index is 13.4. The molecule has 2 aromatic carbocycles. The van der Waals surface area contributed by atoms with Crippen LogP contribution >= 0.6 is 0 Å². The van der Waals surface area contributed by atoms with E-state index >= 15 is 0 Å². The molecule has 2 N–H and O–H groups in total. The largest absolute Gasteiger partial charge is 0.504 e. The molecule has 1 aliphatic rings. The van der Waals surface area contributed by atoms with Gasteiger partial charge in [0.2, 0.25) is 5.95 Å². The van der Waals surface area contributed by atoms with Gasteiger partial charge < -0.3 is 24.6 Å². The third-order valence-corrected chi connectivity index (χ3v) is 7.33. The number of carbonyl (C=O) groups is 1. The Balaban J connectivity index is 1.75. The third-order valence-electron chi connectivity index (χ3n) is 7.33. The highest BCUT2D eigenvalue weighted by Gasteiger charge is 2.48. The summed E-state index contributed by atoms with van der Waals surface area (Å²) in [6.07, 6.45) is -9.77. The maximum Gasteiger partial charge on any atom is 0.416 e. The highest BCUT2D eigenvalue weighted by atomic mass is 19.4. The molecule has 1 amide bonds. The van der Waals surface area contributed by atoms with E-state index < -0.39 is 53.5 Å². The molecule has 3 aromatic rings. The molecule has 15 heteroatoms. The second kappa shape index (κ2) is 12.4. The van der Waals surface area contributed by atoms with Gasteiger partial charge in [0, 0.05) is 25.5 Å². The van der Waals surface area contributed by atoms with E-state index in [0.717, 1.165) is 6.20 Å². The lowest BCUT2D eigenvalue weighted by Crippen LogP contribution is -2.57. The molecule has 9 nitrogen and oxygen atoms in total. The molecule has 0 saturated carbocycles. The molecule has 0 saturated heterocycles. The topological polar surface area (TPSA) is 106 Å². The average molecular weight is 629 g/mol. The number of alkyl halides is 6. The number of halogens is 6. The molecule has 0 fully saturated rings. The summed E-state index contributed by atoms with van der Waals surface area (Å²) in [4.78, 5) is 22.8. The van der Waals surface area contributed by atoms with Crippen LogP contribution in [0.25, 0.3) is 0 Å².